The van der Waals surface area contributed by atoms with Crippen molar-refractivity contribution >= 4 is 5.91 Å². The molecule has 9 heteroatoms. The molecule has 0 saturated carbocycles. The Balaban J connectivity index is 2.28. The van der Waals surface area contributed by atoms with Gasteiger partial charge in [0, 0.05) is 6.42 Å². The molecule has 6 N–H and O–H groups in total. The van der Waals surface area contributed by atoms with Gasteiger partial charge in [-0.2, -0.15) is 0 Å². The summed E-state index contributed by atoms with van der Waals surface area (Å²) in [7, 11) is 0. The lowest BCUT2D eigenvalue weighted by atomic mass is 9.99. The van der Waals surface area contributed by atoms with Gasteiger partial charge in [0.2, 0.25) is 5.91 Å². The van der Waals surface area contributed by atoms with Crippen LogP contribution in [0.2, 0.25) is 0 Å². The van der Waals surface area contributed by atoms with Gasteiger partial charge in [-0.05, 0) is 44.9 Å². The molecule has 0 spiro atoms. The van der Waals surface area contributed by atoms with E-state index in [1.165, 1.54) is 167 Å². The number of carbonyl (C=O) groups is 1. The number of allylic oxidation sites excluding steroid dienone is 4. The van der Waals surface area contributed by atoms with Gasteiger partial charge in [-0.25, -0.2) is 0 Å². The van der Waals surface area contributed by atoms with E-state index in [4.69, 9.17) is 9.47 Å². The van der Waals surface area contributed by atoms with Crippen LogP contribution in [0.1, 0.15) is 239 Å². The van der Waals surface area contributed by atoms with Gasteiger partial charge in [0.05, 0.1) is 25.4 Å². The second kappa shape index (κ2) is 41.7. The summed E-state index contributed by atoms with van der Waals surface area (Å²) >= 11 is 0. The first-order valence-corrected chi connectivity index (χ1v) is 25.5. The second-order valence-corrected chi connectivity index (χ2v) is 18.0. The molecular weight excluding hydrogens is 755 g/mol. The van der Waals surface area contributed by atoms with Crippen LogP contribution in [0, 0.1) is 0 Å². The summed E-state index contributed by atoms with van der Waals surface area (Å²) in [6.45, 7) is 3.83. The molecule has 0 aromatic carbocycles. The highest BCUT2D eigenvalue weighted by Gasteiger charge is 2.44. The van der Waals surface area contributed by atoms with Crippen LogP contribution >= 0.6 is 0 Å². The molecule has 1 saturated heterocycles. The Labute approximate surface area is 369 Å². The summed E-state index contributed by atoms with van der Waals surface area (Å²) in [5, 5.41) is 54.5. The van der Waals surface area contributed by atoms with E-state index in [1.807, 2.05) is 0 Å². The molecule has 0 aromatic heterocycles. The fourth-order valence-electron chi connectivity index (χ4n) is 8.19. The number of ether oxygens (including phenoxy) is 2. The third kappa shape index (κ3) is 31.5. The normalized spacial score (nSPS) is 20.7. The largest absolute Gasteiger partial charge is 0.394 e. The van der Waals surface area contributed by atoms with Gasteiger partial charge in [0.25, 0.3) is 0 Å². The van der Waals surface area contributed by atoms with E-state index in [2.05, 4.69) is 43.5 Å². The smallest absolute Gasteiger partial charge is 0.220 e. The molecule has 7 unspecified atom stereocenters. The van der Waals surface area contributed by atoms with Crippen molar-refractivity contribution in [1.82, 2.24) is 5.32 Å². The Morgan fingerprint density at radius 1 is 0.567 bits per heavy atom. The Kier molecular flexibility index (Phi) is 39.4. The highest BCUT2D eigenvalue weighted by atomic mass is 16.7. The molecule has 7 atom stereocenters. The third-order valence-corrected chi connectivity index (χ3v) is 12.3. The van der Waals surface area contributed by atoms with E-state index in [0.717, 1.165) is 44.9 Å². The van der Waals surface area contributed by atoms with E-state index in [0.29, 0.717) is 12.8 Å². The number of hydrogen-bond donors (Lipinski definition) is 6. The van der Waals surface area contributed by atoms with Gasteiger partial charge in [-0.1, -0.05) is 212 Å². The lowest BCUT2D eigenvalue weighted by Gasteiger charge is -2.40. The molecule has 0 aromatic rings. The number of aliphatic hydroxyl groups is 5. The van der Waals surface area contributed by atoms with Crippen molar-refractivity contribution < 1.29 is 39.8 Å². The van der Waals surface area contributed by atoms with Crippen LogP contribution in [0.4, 0.5) is 0 Å². The maximum atomic E-state index is 13.0. The van der Waals surface area contributed by atoms with Gasteiger partial charge < -0.3 is 40.3 Å². The topological polar surface area (TPSA) is 149 Å². The zero-order valence-electron chi connectivity index (χ0n) is 39.0. The number of nitrogens with one attached hydrogen (secondary N) is 1. The Morgan fingerprint density at radius 3 is 1.47 bits per heavy atom. The predicted molar refractivity (Wildman–Crippen MR) is 249 cm³/mol. The molecule has 1 aliphatic rings. The SMILES string of the molecule is CCCCC/C=C\C/C=C\CCCCCCCCCCCC(=O)NC(COC1OC(CO)C(O)C(O)C1O)C(O)CCCCCCCCCCCCCCCCCCCC. The van der Waals surface area contributed by atoms with Gasteiger partial charge in [-0.3, -0.25) is 4.79 Å². The highest BCUT2D eigenvalue weighted by Crippen LogP contribution is 2.23. The minimum Gasteiger partial charge on any atom is -0.394 e. The molecular formula is C51H97NO8. The number of carbonyl (C=O) groups excluding carboxylic acids is 1. The molecule has 9 nitrogen and oxygen atoms in total. The van der Waals surface area contributed by atoms with E-state index in [1.54, 1.807) is 0 Å². The molecule has 1 fully saturated rings. The van der Waals surface area contributed by atoms with Crippen LogP contribution in [0.15, 0.2) is 24.3 Å². The Bertz CT molecular complexity index is 992. The van der Waals surface area contributed by atoms with Crippen molar-refractivity contribution in [2.45, 2.75) is 281 Å². The molecule has 1 aliphatic heterocycles. The zero-order valence-corrected chi connectivity index (χ0v) is 39.0. The number of amides is 1. The zero-order chi connectivity index (χ0) is 43.7. The summed E-state index contributed by atoms with van der Waals surface area (Å²) in [6, 6.07) is -0.719. The monoisotopic (exact) mass is 852 g/mol. The lowest BCUT2D eigenvalue weighted by molar-refractivity contribution is -0.302. The van der Waals surface area contributed by atoms with E-state index in [9.17, 15) is 30.3 Å². The fourth-order valence-corrected chi connectivity index (χ4v) is 8.19. The predicted octanol–water partition coefficient (Wildman–Crippen LogP) is 11.5. The van der Waals surface area contributed by atoms with Crippen molar-refractivity contribution in [2.24, 2.45) is 0 Å². The van der Waals surface area contributed by atoms with Crippen LogP contribution in [-0.2, 0) is 14.3 Å². The van der Waals surface area contributed by atoms with E-state index >= 15 is 0 Å². The molecule has 0 aliphatic carbocycles. The van der Waals surface area contributed by atoms with Crippen LogP contribution in [-0.4, -0.2) is 87.5 Å². The average molecular weight is 852 g/mol. The summed E-state index contributed by atoms with van der Waals surface area (Å²) in [4.78, 5) is 13.0. The fraction of sp³-hybridized carbons (Fsp3) is 0.902. The molecule has 354 valence electrons. The summed E-state index contributed by atoms with van der Waals surface area (Å²) in [5.41, 5.74) is 0. The summed E-state index contributed by atoms with van der Waals surface area (Å²) in [6.07, 6.45) is 43.2. The quantitative estimate of drug-likeness (QED) is 0.0262. The molecule has 1 amide bonds. The second-order valence-electron chi connectivity index (χ2n) is 18.0. The van der Waals surface area contributed by atoms with Crippen molar-refractivity contribution in [3.05, 3.63) is 24.3 Å². The van der Waals surface area contributed by atoms with Crippen LogP contribution in [0.25, 0.3) is 0 Å². The Morgan fingerprint density at radius 2 is 0.983 bits per heavy atom. The van der Waals surface area contributed by atoms with Gasteiger partial charge in [-0.15, -0.1) is 0 Å². The van der Waals surface area contributed by atoms with Gasteiger partial charge >= 0.3 is 0 Å². The average Bonchev–Trinajstić information content (AvgIpc) is 3.25. The van der Waals surface area contributed by atoms with E-state index < -0.39 is 49.5 Å². The van der Waals surface area contributed by atoms with Crippen molar-refractivity contribution in [2.75, 3.05) is 13.2 Å². The summed E-state index contributed by atoms with van der Waals surface area (Å²) in [5.74, 6) is -0.147. The van der Waals surface area contributed by atoms with Crippen molar-refractivity contribution in [1.29, 1.82) is 0 Å². The maximum Gasteiger partial charge on any atom is 0.220 e. The standard InChI is InChI=1S/C51H97NO8/c1-3-5-7-9-11-13-15-17-19-21-23-25-27-29-31-33-35-37-39-41-47(55)52-44(43-59-51-50(58)49(57)48(56)46(42-53)60-51)45(54)40-38-36-34-32-30-28-26-24-22-20-18-16-14-12-10-8-6-4-2/h11,13,17,19,44-46,48-51,53-54,56-58H,3-10,12,14-16,18,20-43H2,1-2H3,(H,52,55)/b13-11-,19-17-. The maximum absolute atomic E-state index is 13.0. The first kappa shape index (κ1) is 56.7. The van der Waals surface area contributed by atoms with Gasteiger partial charge in [0.15, 0.2) is 6.29 Å². The number of rotatable bonds is 43. The minimum absolute atomic E-state index is 0.137. The molecule has 0 radical (unpaired) electrons. The first-order valence-electron chi connectivity index (χ1n) is 25.5. The Hall–Kier alpha value is -1.33. The minimum atomic E-state index is -1.55. The number of unbranched alkanes of at least 4 members (excludes halogenated alkanes) is 29. The summed E-state index contributed by atoms with van der Waals surface area (Å²) < 4.78 is 11.3. The van der Waals surface area contributed by atoms with Gasteiger partial charge in [0.1, 0.15) is 24.4 Å². The molecule has 60 heavy (non-hydrogen) atoms. The number of hydrogen-bond acceptors (Lipinski definition) is 8. The first-order chi connectivity index (χ1) is 29.3. The third-order valence-electron chi connectivity index (χ3n) is 12.3. The van der Waals surface area contributed by atoms with Crippen molar-refractivity contribution in [3.8, 4) is 0 Å². The molecule has 1 heterocycles. The molecule has 0 bridgehead atoms. The van der Waals surface area contributed by atoms with E-state index in [-0.39, 0.29) is 12.5 Å². The number of aliphatic hydroxyl groups excluding tert-OH is 5. The molecule has 1 rings (SSSR count). The van der Waals surface area contributed by atoms with Crippen LogP contribution in [0.5, 0.6) is 0 Å². The lowest BCUT2D eigenvalue weighted by Crippen LogP contribution is -2.60. The van der Waals surface area contributed by atoms with Crippen LogP contribution < -0.4 is 5.32 Å². The highest BCUT2D eigenvalue weighted by molar-refractivity contribution is 5.76. The van der Waals surface area contributed by atoms with Crippen LogP contribution in [0.3, 0.4) is 0 Å². The van der Waals surface area contributed by atoms with Crippen molar-refractivity contribution in [3.63, 3.8) is 0 Å².